The number of aromatic amines is 1. The second kappa shape index (κ2) is 7.44. The molecular weight excluding hydrogens is 352 g/mol. The van der Waals surface area contributed by atoms with Crippen molar-refractivity contribution in [1.29, 1.82) is 0 Å². The van der Waals surface area contributed by atoms with Crippen LogP contribution < -0.4 is 15.8 Å². The van der Waals surface area contributed by atoms with E-state index in [4.69, 9.17) is 10.5 Å². The Balaban J connectivity index is 1.50. The van der Waals surface area contributed by atoms with Crippen LogP contribution in [0, 0.1) is 0 Å². The van der Waals surface area contributed by atoms with Crippen LogP contribution >= 0.6 is 0 Å². The van der Waals surface area contributed by atoms with Crippen molar-refractivity contribution in [2.75, 3.05) is 12.4 Å². The highest BCUT2D eigenvalue weighted by Gasteiger charge is 2.12. The highest BCUT2D eigenvalue weighted by atomic mass is 16.5. The average molecular weight is 372 g/mol. The van der Waals surface area contributed by atoms with Gasteiger partial charge in [0.1, 0.15) is 17.1 Å². The first-order valence-corrected chi connectivity index (χ1v) is 8.90. The van der Waals surface area contributed by atoms with Crippen LogP contribution in [0.25, 0.3) is 22.4 Å². The lowest BCUT2D eigenvalue weighted by Gasteiger charge is -2.08. The molecule has 0 atom stereocenters. The zero-order chi connectivity index (χ0) is 19.5. The van der Waals surface area contributed by atoms with E-state index in [0.717, 1.165) is 28.1 Å². The van der Waals surface area contributed by atoms with Gasteiger partial charge in [0.05, 0.1) is 18.2 Å². The molecule has 1 aromatic heterocycles. The molecule has 0 fully saturated rings. The van der Waals surface area contributed by atoms with Crippen LogP contribution in [0.15, 0.2) is 66.7 Å². The summed E-state index contributed by atoms with van der Waals surface area (Å²) >= 11 is 0. The van der Waals surface area contributed by atoms with E-state index in [0.29, 0.717) is 23.4 Å². The number of hydrogen-bond acceptors (Lipinski definition) is 4. The fraction of sp³-hybridized carbons (Fsp3) is 0.0909. The molecule has 6 nitrogen and oxygen atoms in total. The number of fused-ring (bicyclic) bond motifs is 1. The lowest BCUT2D eigenvalue weighted by atomic mass is 10.1. The number of nitrogens with two attached hydrogens (primary N) is 1. The Hall–Kier alpha value is -3.80. The van der Waals surface area contributed by atoms with Crippen molar-refractivity contribution in [2.45, 2.75) is 6.54 Å². The molecule has 0 saturated heterocycles. The van der Waals surface area contributed by atoms with Gasteiger partial charge in [-0.25, -0.2) is 4.98 Å². The SMILES string of the molecule is COc1ccc(NCc2ccc(-c3nc4c(C(N)=O)cccc4[nH]3)cc2)cc1. The van der Waals surface area contributed by atoms with Gasteiger partial charge in [-0.15, -0.1) is 0 Å². The molecule has 0 aliphatic carbocycles. The molecule has 3 aromatic carbocycles. The molecule has 0 bridgehead atoms. The summed E-state index contributed by atoms with van der Waals surface area (Å²) < 4.78 is 5.17. The van der Waals surface area contributed by atoms with Crippen molar-refractivity contribution in [3.63, 3.8) is 0 Å². The normalized spacial score (nSPS) is 10.8. The summed E-state index contributed by atoms with van der Waals surface area (Å²) in [5, 5.41) is 3.38. The molecule has 28 heavy (non-hydrogen) atoms. The molecule has 0 aliphatic rings. The Morgan fingerprint density at radius 1 is 1.07 bits per heavy atom. The molecule has 1 heterocycles. The second-order valence-corrected chi connectivity index (χ2v) is 6.43. The van der Waals surface area contributed by atoms with Gasteiger partial charge in [0.2, 0.25) is 0 Å². The molecule has 0 saturated carbocycles. The minimum Gasteiger partial charge on any atom is -0.497 e. The van der Waals surface area contributed by atoms with Crippen LogP contribution in [-0.4, -0.2) is 23.0 Å². The molecule has 0 spiro atoms. The third-order valence-electron chi connectivity index (χ3n) is 4.59. The Kier molecular flexibility index (Phi) is 4.68. The standard InChI is InChI=1S/C22H20N4O2/c1-28-17-11-9-16(10-12-17)24-13-14-5-7-15(8-6-14)22-25-19-4-2-3-18(21(23)27)20(19)26-22/h2-12,24H,13H2,1H3,(H2,23,27)(H,25,26). The highest BCUT2D eigenvalue weighted by molar-refractivity contribution is 6.04. The summed E-state index contributed by atoms with van der Waals surface area (Å²) in [5.74, 6) is 1.06. The summed E-state index contributed by atoms with van der Waals surface area (Å²) in [6.07, 6.45) is 0. The van der Waals surface area contributed by atoms with E-state index in [2.05, 4.69) is 15.3 Å². The number of amides is 1. The van der Waals surface area contributed by atoms with Gasteiger partial charge in [0.25, 0.3) is 5.91 Å². The number of nitrogens with one attached hydrogen (secondary N) is 2. The smallest absolute Gasteiger partial charge is 0.250 e. The quantitative estimate of drug-likeness (QED) is 0.478. The Morgan fingerprint density at radius 3 is 2.50 bits per heavy atom. The zero-order valence-electron chi connectivity index (χ0n) is 15.4. The highest BCUT2D eigenvalue weighted by Crippen LogP contribution is 2.23. The van der Waals surface area contributed by atoms with Crippen LogP contribution in [-0.2, 0) is 6.54 Å². The first-order chi connectivity index (χ1) is 13.6. The maximum atomic E-state index is 11.6. The van der Waals surface area contributed by atoms with Crippen molar-refractivity contribution in [1.82, 2.24) is 9.97 Å². The summed E-state index contributed by atoms with van der Waals surface area (Å²) in [4.78, 5) is 19.4. The van der Waals surface area contributed by atoms with Crippen molar-refractivity contribution >= 4 is 22.6 Å². The largest absolute Gasteiger partial charge is 0.497 e. The van der Waals surface area contributed by atoms with Gasteiger partial charge in [0, 0.05) is 17.8 Å². The number of rotatable bonds is 6. The van der Waals surface area contributed by atoms with Crippen molar-refractivity contribution in [3.8, 4) is 17.1 Å². The summed E-state index contributed by atoms with van der Waals surface area (Å²) in [6.45, 7) is 0.707. The maximum Gasteiger partial charge on any atom is 0.250 e. The minimum atomic E-state index is -0.483. The van der Waals surface area contributed by atoms with Crippen LogP contribution in [0.4, 0.5) is 5.69 Å². The molecule has 140 valence electrons. The molecule has 1 amide bonds. The number of carbonyl (C=O) groups excluding carboxylic acids is 1. The predicted octanol–water partition coefficient (Wildman–Crippen LogP) is 3.95. The maximum absolute atomic E-state index is 11.6. The summed E-state index contributed by atoms with van der Waals surface area (Å²) in [6, 6.07) is 21.3. The number of nitrogens with zero attached hydrogens (tertiary/aromatic N) is 1. The van der Waals surface area contributed by atoms with Gasteiger partial charge < -0.3 is 20.8 Å². The Bertz CT molecular complexity index is 1120. The number of para-hydroxylation sites is 1. The zero-order valence-corrected chi connectivity index (χ0v) is 15.4. The summed E-state index contributed by atoms with van der Waals surface area (Å²) in [5.41, 5.74) is 10.4. The first-order valence-electron chi connectivity index (χ1n) is 8.90. The minimum absolute atomic E-state index is 0.417. The molecular formula is C22H20N4O2. The van der Waals surface area contributed by atoms with Crippen LogP contribution in [0.2, 0.25) is 0 Å². The number of ether oxygens (including phenoxy) is 1. The third-order valence-corrected chi connectivity index (χ3v) is 4.59. The first kappa shape index (κ1) is 17.6. The third kappa shape index (κ3) is 3.53. The number of carbonyl (C=O) groups is 1. The van der Waals surface area contributed by atoms with Gasteiger partial charge in [0.15, 0.2) is 0 Å². The number of primary amides is 1. The fourth-order valence-corrected chi connectivity index (χ4v) is 3.06. The van der Waals surface area contributed by atoms with E-state index < -0.39 is 5.91 Å². The van der Waals surface area contributed by atoms with Crippen LogP contribution in [0.1, 0.15) is 15.9 Å². The molecule has 6 heteroatoms. The monoisotopic (exact) mass is 372 g/mol. The molecule has 0 aliphatic heterocycles. The Labute approximate surface area is 162 Å². The van der Waals surface area contributed by atoms with Crippen molar-refractivity contribution < 1.29 is 9.53 Å². The predicted molar refractivity (Wildman–Crippen MR) is 110 cm³/mol. The summed E-state index contributed by atoms with van der Waals surface area (Å²) in [7, 11) is 1.65. The number of imidazole rings is 1. The fourth-order valence-electron chi connectivity index (χ4n) is 3.06. The molecule has 4 rings (SSSR count). The molecule has 0 unspecified atom stereocenters. The van der Waals surface area contributed by atoms with E-state index in [1.165, 1.54) is 0 Å². The number of benzene rings is 3. The van der Waals surface area contributed by atoms with E-state index in [9.17, 15) is 4.79 Å². The van der Waals surface area contributed by atoms with E-state index in [1.54, 1.807) is 19.2 Å². The number of aromatic nitrogens is 2. The number of anilines is 1. The average Bonchev–Trinajstić information content (AvgIpc) is 3.17. The lowest BCUT2D eigenvalue weighted by Crippen LogP contribution is -2.11. The van der Waals surface area contributed by atoms with Gasteiger partial charge in [-0.3, -0.25) is 4.79 Å². The van der Waals surface area contributed by atoms with Crippen LogP contribution in [0.5, 0.6) is 5.75 Å². The van der Waals surface area contributed by atoms with Gasteiger partial charge >= 0.3 is 0 Å². The topological polar surface area (TPSA) is 93.0 Å². The van der Waals surface area contributed by atoms with Crippen molar-refractivity contribution in [3.05, 3.63) is 77.9 Å². The molecule has 4 aromatic rings. The van der Waals surface area contributed by atoms with E-state index in [-0.39, 0.29) is 0 Å². The van der Waals surface area contributed by atoms with E-state index in [1.807, 2.05) is 54.6 Å². The molecule has 4 N–H and O–H groups in total. The van der Waals surface area contributed by atoms with Crippen LogP contribution in [0.3, 0.4) is 0 Å². The van der Waals surface area contributed by atoms with Gasteiger partial charge in [-0.2, -0.15) is 0 Å². The lowest BCUT2D eigenvalue weighted by molar-refractivity contribution is 0.100. The van der Waals surface area contributed by atoms with Gasteiger partial charge in [-0.05, 0) is 42.0 Å². The molecule has 0 radical (unpaired) electrons. The number of hydrogen-bond donors (Lipinski definition) is 3. The van der Waals surface area contributed by atoms with Crippen molar-refractivity contribution in [2.24, 2.45) is 5.73 Å². The van der Waals surface area contributed by atoms with Gasteiger partial charge in [-0.1, -0.05) is 30.3 Å². The number of H-pyrrole nitrogens is 1. The second-order valence-electron chi connectivity index (χ2n) is 6.43. The Morgan fingerprint density at radius 2 is 1.82 bits per heavy atom. The number of methoxy groups -OCH3 is 1. The van der Waals surface area contributed by atoms with E-state index >= 15 is 0 Å².